The lowest BCUT2D eigenvalue weighted by Crippen LogP contribution is -2.22. The minimum atomic E-state index is -2.97. The van der Waals surface area contributed by atoms with Crippen LogP contribution < -0.4 is 5.32 Å². The van der Waals surface area contributed by atoms with Crippen LogP contribution in [0.4, 0.5) is 8.78 Å². The number of benzene rings is 1. The summed E-state index contributed by atoms with van der Waals surface area (Å²) in [5.41, 5.74) is 0.404. The molecule has 0 spiro atoms. The maximum Gasteiger partial charge on any atom is 0.259 e. The van der Waals surface area contributed by atoms with Gasteiger partial charge >= 0.3 is 0 Å². The van der Waals surface area contributed by atoms with E-state index in [1.54, 1.807) is 0 Å². The van der Waals surface area contributed by atoms with Crippen molar-refractivity contribution in [3.05, 3.63) is 47.5 Å². The van der Waals surface area contributed by atoms with E-state index in [-0.39, 0.29) is 16.7 Å². The van der Waals surface area contributed by atoms with E-state index in [0.29, 0.717) is 0 Å². The zero-order valence-corrected chi connectivity index (χ0v) is 9.50. The minimum absolute atomic E-state index is 0.0613. The highest BCUT2D eigenvalue weighted by molar-refractivity contribution is 6.22. The Bertz CT molecular complexity index is 538. The molecule has 2 amide bonds. The number of hydrogen-bond acceptors (Lipinski definition) is 2. The van der Waals surface area contributed by atoms with Crippen LogP contribution in [0.1, 0.15) is 32.7 Å². The summed E-state index contributed by atoms with van der Waals surface area (Å²) in [6, 6.07) is 4.38. The van der Waals surface area contributed by atoms with Gasteiger partial charge in [-0.05, 0) is 11.6 Å². The molecule has 1 aromatic rings. The molecule has 0 saturated carbocycles. The number of halogens is 2. The zero-order chi connectivity index (χ0) is 13.3. The Morgan fingerprint density at radius 3 is 2.67 bits per heavy atom. The van der Waals surface area contributed by atoms with Gasteiger partial charge < -0.3 is 0 Å². The van der Waals surface area contributed by atoms with Crippen LogP contribution in [-0.4, -0.2) is 17.7 Å². The lowest BCUT2D eigenvalue weighted by molar-refractivity contribution is 0.00488. The minimum Gasteiger partial charge on any atom is -0.288 e. The van der Waals surface area contributed by atoms with E-state index < -0.39 is 30.6 Å². The van der Waals surface area contributed by atoms with Crippen molar-refractivity contribution in [3.63, 3.8) is 0 Å². The maximum absolute atomic E-state index is 13.5. The lowest BCUT2D eigenvalue weighted by atomic mass is 9.96. The first-order valence-corrected chi connectivity index (χ1v) is 5.41. The third kappa shape index (κ3) is 2.16. The number of imide groups is 1. The standard InChI is InChI=1S/C13H11F2NO2/c1-2-6-13(14,15)7-8-4-3-5-9-10(8)12(18)16-11(9)17/h2-5H,1,6-7H2,(H,16,17,18). The van der Waals surface area contributed by atoms with E-state index in [1.165, 1.54) is 18.2 Å². The molecule has 94 valence electrons. The van der Waals surface area contributed by atoms with Gasteiger partial charge in [-0.2, -0.15) is 0 Å². The molecule has 0 bridgehead atoms. The maximum atomic E-state index is 13.5. The fourth-order valence-corrected chi connectivity index (χ4v) is 2.00. The molecular formula is C13H11F2NO2. The van der Waals surface area contributed by atoms with Crippen LogP contribution >= 0.6 is 0 Å². The predicted octanol–water partition coefficient (Wildman–Crippen LogP) is 2.32. The molecule has 18 heavy (non-hydrogen) atoms. The van der Waals surface area contributed by atoms with Gasteiger partial charge in [0.05, 0.1) is 11.1 Å². The highest BCUT2D eigenvalue weighted by atomic mass is 19.3. The van der Waals surface area contributed by atoms with Gasteiger partial charge in [-0.25, -0.2) is 8.78 Å². The second-order valence-corrected chi connectivity index (χ2v) is 4.15. The molecule has 2 rings (SSSR count). The van der Waals surface area contributed by atoms with E-state index >= 15 is 0 Å². The third-order valence-electron chi connectivity index (χ3n) is 2.74. The molecule has 1 aromatic carbocycles. The van der Waals surface area contributed by atoms with E-state index in [9.17, 15) is 18.4 Å². The van der Waals surface area contributed by atoms with Crippen LogP contribution in [0.2, 0.25) is 0 Å². The summed E-state index contributed by atoms with van der Waals surface area (Å²) in [4.78, 5) is 22.9. The largest absolute Gasteiger partial charge is 0.288 e. The Labute approximate surface area is 102 Å². The smallest absolute Gasteiger partial charge is 0.259 e. The molecule has 5 heteroatoms. The zero-order valence-electron chi connectivity index (χ0n) is 9.50. The van der Waals surface area contributed by atoms with Gasteiger partial charge in [-0.3, -0.25) is 14.9 Å². The van der Waals surface area contributed by atoms with Crippen LogP contribution in [0.15, 0.2) is 30.9 Å². The van der Waals surface area contributed by atoms with Crippen LogP contribution in [0, 0.1) is 0 Å². The van der Waals surface area contributed by atoms with Crippen LogP contribution in [0.3, 0.4) is 0 Å². The van der Waals surface area contributed by atoms with Crippen molar-refractivity contribution < 1.29 is 18.4 Å². The van der Waals surface area contributed by atoms with Crippen molar-refractivity contribution in [2.45, 2.75) is 18.8 Å². The van der Waals surface area contributed by atoms with Crippen molar-refractivity contribution >= 4 is 11.8 Å². The Morgan fingerprint density at radius 1 is 1.28 bits per heavy atom. The van der Waals surface area contributed by atoms with E-state index in [0.717, 1.165) is 6.08 Å². The average Bonchev–Trinajstić information content (AvgIpc) is 2.55. The average molecular weight is 251 g/mol. The summed E-state index contributed by atoms with van der Waals surface area (Å²) in [5, 5.41) is 2.10. The molecule has 1 N–H and O–H groups in total. The molecule has 1 aliphatic heterocycles. The second kappa shape index (κ2) is 4.33. The Kier molecular flexibility index (Phi) is 2.98. The van der Waals surface area contributed by atoms with Gasteiger partial charge in [-0.1, -0.05) is 18.2 Å². The van der Waals surface area contributed by atoms with Gasteiger partial charge in [0.1, 0.15) is 0 Å². The molecule has 0 atom stereocenters. The van der Waals surface area contributed by atoms with Crippen LogP contribution in [0.25, 0.3) is 0 Å². The second-order valence-electron chi connectivity index (χ2n) is 4.15. The summed E-state index contributed by atoms with van der Waals surface area (Å²) in [6.07, 6.45) is 0.0868. The summed E-state index contributed by atoms with van der Waals surface area (Å²) in [7, 11) is 0. The fourth-order valence-electron chi connectivity index (χ4n) is 2.00. The first-order chi connectivity index (χ1) is 8.44. The van der Waals surface area contributed by atoms with E-state index in [2.05, 4.69) is 11.9 Å². The van der Waals surface area contributed by atoms with Crippen molar-refractivity contribution in [1.29, 1.82) is 0 Å². The Morgan fingerprint density at radius 2 is 2.00 bits per heavy atom. The number of carbonyl (C=O) groups excluding carboxylic acids is 2. The number of carbonyl (C=O) groups is 2. The number of alkyl halides is 2. The molecule has 0 aliphatic carbocycles. The third-order valence-corrected chi connectivity index (χ3v) is 2.74. The predicted molar refractivity (Wildman–Crippen MR) is 61.7 cm³/mol. The van der Waals surface area contributed by atoms with Gasteiger partial charge in [-0.15, -0.1) is 6.58 Å². The molecule has 0 aromatic heterocycles. The SMILES string of the molecule is C=CCC(F)(F)Cc1cccc2c1C(=O)NC2=O. The van der Waals surface area contributed by atoms with Crippen molar-refractivity contribution in [2.75, 3.05) is 0 Å². The molecule has 0 saturated heterocycles. The van der Waals surface area contributed by atoms with Gasteiger partial charge in [0, 0.05) is 12.8 Å². The van der Waals surface area contributed by atoms with E-state index in [1.807, 2.05) is 0 Å². The summed E-state index contributed by atoms with van der Waals surface area (Å²) in [5.74, 6) is -4.12. The van der Waals surface area contributed by atoms with Gasteiger partial charge in [0.15, 0.2) is 0 Å². The first kappa shape index (κ1) is 12.4. The van der Waals surface area contributed by atoms with Crippen molar-refractivity contribution in [3.8, 4) is 0 Å². The van der Waals surface area contributed by atoms with Crippen molar-refractivity contribution in [2.24, 2.45) is 0 Å². The normalized spacial score (nSPS) is 14.3. The highest BCUT2D eigenvalue weighted by Crippen LogP contribution is 2.28. The number of fused-ring (bicyclic) bond motifs is 1. The Hall–Kier alpha value is -2.04. The summed E-state index contributed by atoms with van der Waals surface area (Å²) < 4.78 is 27.0. The molecule has 0 unspecified atom stereocenters. The highest BCUT2D eigenvalue weighted by Gasteiger charge is 2.34. The van der Waals surface area contributed by atoms with Gasteiger partial charge in [0.25, 0.3) is 17.7 Å². The molecule has 0 fully saturated rings. The number of allylic oxidation sites excluding steroid dienone is 1. The monoisotopic (exact) mass is 251 g/mol. The summed E-state index contributed by atoms with van der Waals surface area (Å²) >= 11 is 0. The topological polar surface area (TPSA) is 46.2 Å². The Balaban J connectivity index is 2.39. The van der Waals surface area contributed by atoms with E-state index in [4.69, 9.17) is 0 Å². The first-order valence-electron chi connectivity index (χ1n) is 5.41. The summed E-state index contributed by atoms with van der Waals surface area (Å²) in [6.45, 7) is 3.27. The molecular weight excluding hydrogens is 240 g/mol. The van der Waals surface area contributed by atoms with Crippen LogP contribution in [-0.2, 0) is 6.42 Å². The molecule has 3 nitrogen and oxygen atoms in total. The number of hydrogen-bond donors (Lipinski definition) is 1. The number of amides is 2. The molecule has 1 aliphatic rings. The van der Waals surface area contributed by atoms with Crippen molar-refractivity contribution in [1.82, 2.24) is 5.32 Å². The quantitative estimate of drug-likeness (QED) is 0.659. The molecule has 0 radical (unpaired) electrons. The number of rotatable bonds is 4. The van der Waals surface area contributed by atoms with Crippen LogP contribution in [0.5, 0.6) is 0 Å². The number of nitrogens with one attached hydrogen (secondary N) is 1. The molecule has 1 heterocycles. The lowest BCUT2D eigenvalue weighted by Gasteiger charge is -2.15. The van der Waals surface area contributed by atoms with Gasteiger partial charge in [0.2, 0.25) is 0 Å². The fraction of sp³-hybridized carbons (Fsp3) is 0.231.